The van der Waals surface area contributed by atoms with Crippen molar-refractivity contribution in [3.63, 3.8) is 0 Å². The predicted octanol–water partition coefficient (Wildman–Crippen LogP) is 1.71. The molecule has 0 saturated carbocycles. The maximum Gasteiger partial charge on any atom is 0.352 e. The zero-order chi connectivity index (χ0) is 16.2. The van der Waals surface area contributed by atoms with Gasteiger partial charge in [-0.25, -0.2) is 4.79 Å². The van der Waals surface area contributed by atoms with Crippen molar-refractivity contribution in [3.8, 4) is 11.6 Å². The molecule has 0 saturated heterocycles. The molecule has 2 heterocycles. The number of benzene rings is 1. The Kier molecular flexibility index (Phi) is 4.50. The predicted molar refractivity (Wildman–Crippen MR) is 88.6 cm³/mol. The molecule has 0 amide bonds. The summed E-state index contributed by atoms with van der Waals surface area (Å²) in [6, 6.07) is 9.70. The van der Waals surface area contributed by atoms with E-state index in [-0.39, 0.29) is 5.69 Å². The van der Waals surface area contributed by atoms with Gasteiger partial charge in [0.15, 0.2) is 0 Å². The minimum absolute atomic E-state index is 0.242. The number of hydrogen-bond acceptors (Lipinski definition) is 5. The summed E-state index contributed by atoms with van der Waals surface area (Å²) in [5, 5.41) is 0. The molecule has 1 aromatic carbocycles. The third-order valence-corrected chi connectivity index (χ3v) is 4.03. The molecule has 122 valence electrons. The molecule has 0 spiro atoms. The highest BCUT2D eigenvalue weighted by atomic mass is 16.5. The largest absolute Gasteiger partial charge is 0.497 e. The summed E-state index contributed by atoms with van der Waals surface area (Å²) in [5.41, 5.74) is 0.908. The Hall–Kier alpha value is -2.50. The molecular formula is C17H21N3O3. The van der Waals surface area contributed by atoms with E-state index in [1.165, 1.54) is 0 Å². The molecule has 0 aliphatic carbocycles. The molecule has 0 unspecified atom stereocenters. The third kappa shape index (κ3) is 3.47. The van der Waals surface area contributed by atoms with Gasteiger partial charge in [-0.2, -0.15) is 4.98 Å². The molecule has 6 nitrogen and oxygen atoms in total. The summed E-state index contributed by atoms with van der Waals surface area (Å²) in [4.78, 5) is 18.1. The zero-order valence-corrected chi connectivity index (χ0v) is 13.5. The van der Waals surface area contributed by atoms with Crippen LogP contribution >= 0.6 is 0 Å². The van der Waals surface area contributed by atoms with Crippen LogP contribution in [-0.2, 0) is 13.0 Å². The number of hydrogen-bond donors (Lipinski definition) is 0. The van der Waals surface area contributed by atoms with Crippen LogP contribution < -0.4 is 20.1 Å². The van der Waals surface area contributed by atoms with Crippen LogP contribution in [0.15, 0.2) is 35.1 Å². The fourth-order valence-corrected chi connectivity index (χ4v) is 2.72. The fourth-order valence-electron chi connectivity index (χ4n) is 2.72. The fraction of sp³-hybridized carbons (Fsp3) is 0.412. The molecule has 3 rings (SSSR count). The summed E-state index contributed by atoms with van der Waals surface area (Å²) in [7, 11) is 3.63. The number of methoxy groups -OCH3 is 1. The second kappa shape index (κ2) is 6.73. The smallest absolute Gasteiger partial charge is 0.352 e. The summed E-state index contributed by atoms with van der Waals surface area (Å²) in [6.45, 7) is 2.14. The number of nitrogens with zero attached hydrogens (tertiary/aromatic N) is 3. The number of fused-ring (bicyclic) bond motifs is 1. The van der Waals surface area contributed by atoms with Gasteiger partial charge in [0.05, 0.1) is 13.7 Å². The van der Waals surface area contributed by atoms with Crippen LogP contribution in [0.1, 0.15) is 12.0 Å². The average Bonchev–Trinajstić information content (AvgIpc) is 2.57. The molecule has 2 aromatic rings. The first-order chi connectivity index (χ1) is 11.2. The van der Waals surface area contributed by atoms with E-state index in [0.717, 1.165) is 43.1 Å². The lowest BCUT2D eigenvalue weighted by atomic mass is 10.1. The second-order valence-corrected chi connectivity index (χ2v) is 5.61. The quantitative estimate of drug-likeness (QED) is 0.841. The highest BCUT2D eigenvalue weighted by molar-refractivity contribution is 5.42. The molecule has 1 aliphatic rings. The van der Waals surface area contributed by atoms with Crippen molar-refractivity contribution in [3.05, 3.63) is 46.4 Å². The van der Waals surface area contributed by atoms with Crippen molar-refractivity contribution in [2.24, 2.45) is 0 Å². The van der Waals surface area contributed by atoms with Crippen LogP contribution in [-0.4, -0.2) is 36.9 Å². The van der Waals surface area contributed by atoms with E-state index < -0.39 is 0 Å². The van der Waals surface area contributed by atoms with Crippen LogP contribution in [0.5, 0.6) is 11.6 Å². The van der Waals surface area contributed by atoms with Crippen LogP contribution in [0.3, 0.4) is 0 Å². The Morgan fingerprint density at radius 1 is 1.22 bits per heavy atom. The van der Waals surface area contributed by atoms with E-state index in [9.17, 15) is 4.79 Å². The molecule has 0 atom stereocenters. The molecular weight excluding hydrogens is 294 g/mol. The molecule has 0 bridgehead atoms. The summed E-state index contributed by atoms with van der Waals surface area (Å²) >= 11 is 0. The normalized spacial score (nSPS) is 13.6. The Morgan fingerprint density at radius 2 is 2.00 bits per heavy atom. The van der Waals surface area contributed by atoms with Crippen molar-refractivity contribution in [2.75, 3.05) is 32.2 Å². The second-order valence-electron chi connectivity index (χ2n) is 5.61. The summed E-state index contributed by atoms with van der Waals surface area (Å²) < 4.78 is 12.5. The van der Waals surface area contributed by atoms with Crippen LogP contribution in [0.25, 0.3) is 0 Å². The van der Waals surface area contributed by atoms with Gasteiger partial charge in [-0.15, -0.1) is 0 Å². The highest BCUT2D eigenvalue weighted by Crippen LogP contribution is 2.20. The minimum atomic E-state index is -0.242. The average molecular weight is 315 g/mol. The summed E-state index contributed by atoms with van der Waals surface area (Å²) in [6.07, 6.45) is 1.71. The van der Waals surface area contributed by atoms with Gasteiger partial charge >= 0.3 is 5.69 Å². The lowest BCUT2D eigenvalue weighted by Crippen LogP contribution is -2.36. The minimum Gasteiger partial charge on any atom is -0.497 e. The van der Waals surface area contributed by atoms with Gasteiger partial charge in [-0.3, -0.25) is 4.57 Å². The number of rotatable bonds is 5. The maximum atomic E-state index is 12.1. The van der Waals surface area contributed by atoms with Crippen molar-refractivity contribution >= 4 is 5.82 Å². The maximum absolute atomic E-state index is 12.1. The molecule has 0 N–H and O–H groups in total. The monoisotopic (exact) mass is 315 g/mol. The van der Waals surface area contributed by atoms with Gasteiger partial charge in [-0.05, 0) is 24.1 Å². The van der Waals surface area contributed by atoms with Gasteiger partial charge in [0.25, 0.3) is 0 Å². The lowest BCUT2D eigenvalue weighted by molar-refractivity contribution is 0.305. The molecule has 6 heteroatoms. The van der Waals surface area contributed by atoms with Gasteiger partial charge in [0.1, 0.15) is 11.6 Å². The van der Waals surface area contributed by atoms with Crippen molar-refractivity contribution in [1.29, 1.82) is 0 Å². The van der Waals surface area contributed by atoms with Crippen molar-refractivity contribution in [2.45, 2.75) is 19.4 Å². The molecule has 1 aliphatic heterocycles. The van der Waals surface area contributed by atoms with E-state index in [0.29, 0.717) is 12.5 Å². The third-order valence-electron chi connectivity index (χ3n) is 4.03. The molecule has 1 aromatic heterocycles. The molecule has 0 radical (unpaired) electrons. The topological polar surface area (TPSA) is 56.6 Å². The van der Waals surface area contributed by atoms with E-state index >= 15 is 0 Å². The van der Waals surface area contributed by atoms with Gasteiger partial charge in [-0.1, -0.05) is 12.1 Å². The lowest BCUT2D eigenvalue weighted by Gasteiger charge is -2.28. The van der Waals surface area contributed by atoms with Gasteiger partial charge in [0.2, 0.25) is 5.88 Å². The van der Waals surface area contributed by atoms with E-state index in [1.807, 2.05) is 37.4 Å². The summed E-state index contributed by atoms with van der Waals surface area (Å²) in [5.74, 6) is 2.10. The number of aromatic nitrogens is 2. The molecule has 23 heavy (non-hydrogen) atoms. The van der Waals surface area contributed by atoms with E-state index in [4.69, 9.17) is 9.47 Å². The number of anilines is 1. The van der Waals surface area contributed by atoms with Crippen molar-refractivity contribution in [1.82, 2.24) is 9.55 Å². The first-order valence-corrected chi connectivity index (χ1v) is 7.76. The van der Waals surface area contributed by atoms with Crippen LogP contribution in [0.2, 0.25) is 0 Å². The highest BCUT2D eigenvalue weighted by Gasteiger charge is 2.16. The standard InChI is InChI=1S/C17H21N3O3/c1-19-9-3-10-20-16(19)12-15(18-17(20)21)23-11-8-13-4-6-14(22-2)7-5-13/h4-7,12H,3,8-11H2,1-2H3. The first-order valence-electron chi connectivity index (χ1n) is 7.76. The SMILES string of the molecule is COc1ccc(CCOc2cc3n(c(=O)n2)CCCN3C)cc1. The molecule has 0 fully saturated rings. The Morgan fingerprint density at radius 3 is 2.74 bits per heavy atom. The van der Waals surface area contributed by atoms with Crippen LogP contribution in [0.4, 0.5) is 5.82 Å². The van der Waals surface area contributed by atoms with Crippen LogP contribution in [0, 0.1) is 0 Å². The Bertz CT molecular complexity index is 725. The van der Waals surface area contributed by atoms with Crippen molar-refractivity contribution < 1.29 is 9.47 Å². The first kappa shape index (κ1) is 15.4. The van der Waals surface area contributed by atoms with E-state index in [2.05, 4.69) is 9.88 Å². The van der Waals surface area contributed by atoms with Gasteiger partial charge < -0.3 is 14.4 Å². The Labute approximate surface area is 135 Å². The Balaban J connectivity index is 1.65. The van der Waals surface area contributed by atoms with E-state index in [1.54, 1.807) is 11.7 Å². The number of ether oxygens (including phenoxy) is 2. The zero-order valence-electron chi connectivity index (χ0n) is 13.5. The van der Waals surface area contributed by atoms with Gasteiger partial charge in [0, 0.05) is 32.6 Å².